The van der Waals surface area contributed by atoms with Gasteiger partial charge in [0, 0.05) is 25.7 Å². The highest BCUT2D eigenvalue weighted by atomic mass is 19.4. The van der Waals surface area contributed by atoms with Crippen molar-refractivity contribution in [2.24, 2.45) is 5.92 Å². The summed E-state index contributed by atoms with van der Waals surface area (Å²) in [5, 5.41) is 12.5. The molecule has 1 aromatic heterocycles. The quantitative estimate of drug-likeness (QED) is 0.896. The second-order valence-electron chi connectivity index (χ2n) is 5.24. The Hall–Kier alpha value is -1.57. The van der Waals surface area contributed by atoms with Crippen molar-refractivity contribution in [3.8, 4) is 0 Å². The normalized spacial score (nSPS) is 23.2. The first-order chi connectivity index (χ1) is 9.81. The number of alkyl halides is 3. The number of halogens is 3. The van der Waals surface area contributed by atoms with Gasteiger partial charge in [-0.1, -0.05) is 6.92 Å². The van der Waals surface area contributed by atoms with Crippen molar-refractivity contribution >= 4 is 11.6 Å². The lowest BCUT2D eigenvalue weighted by Crippen LogP contribution is -2.42. The van der Waals surface area contributed by atoms with Gasteiger partial charge in [-0.15, -0.1) is 0 Å². The van der Waals surface area contributed by atoms with Crippen LogP contribution in [0.2, 0.25) is 0 Å². The summed E-state index contributed by atoms with van der Waals surface area (Å²) in [6.07, 6.45) is -4.48. The van der Waals surface area contributed by atoms with Crippen LogP contribution in [0.15, 0.2) is 6.07 Å². The Morgan fingerprint density at radius 1 is 1.43 bits per heavy atom. The van der Waals surface area contributed by atoms with Gasteiger partial charge in [0.25, 0.3) is 0 Å². The molecule has 1 saturated heterocycles. The summed E-state index contributed by atoms with van der Waals surface area (Å²) in [6.45, 7) is 5.08. The number of nitrogens with one attached hydrogen (secondary N) is 1. The Balaban J connectivity index is 2.31. The zero-order valence-electron chi connectivity index (χ0n) is 12.0. The maximum absolute atomic E-state index is 12.9. The van der Waals surface area contributed by atoms with Crippen LogP contribution >= 0.6 is 0 Å². The number of piperidine rings is 1. The molecule has 0 saturated carbocycles. The molecule has 0 spiro atoms. The van der Waals surface area contributed by atoms with Crippen molar-refractivity contribution in [2.75, 3.05) is 29.9 Å². The van der Waals surface area contributed by atoms with Gasteiger partial charge >= 0.3 is 6.18 Å². The second kappa shape index (κ2) is 6.05. The molecule has 21 heavy (non-hydrogen) atoms. The molecule has 1 aliphatic heterocycles. The van der Waals surface area contributed by atoms with E-state index in [-0.39, 0.29) is 17.6 Å². The molecular weight excluding hydrogens is 285 g/mol. The van der Waals surface area contributed by atoms with Gasteiger partial charge in [0.1, 0.15) is 11.6 Å². The van der Waals surface area contributed by atoms with Crippen molar-refractivity contribution in [2.45, 2.75) is 32.5 Å². The van der Waals surface area contributed by atoms with Gasteiger partial charge in [0.2, 0.25) is 5.82 Å². The first kappa shape index (κ1) is 15.8. The van der Waals surface area contributed by atoms with E-state index in [9.17, 15) is 18.3 Å². The fraction of sp³-hybridized carbons (Fsp3) is 0.692. The molecule has 0 aliphatic carbocycles. The summed E-state index contributed by atoms with van der Waals surface area (Å²) >= 11 is 0. The smallest absolute Gasteiger partial charge is 0.393 e. The molecule has 0 amide bonds. The molecule has 1 aromatic rings. The molecule has 2 rings (SSSR count). The number of hydrogen-bond acceptors (Lipinski definition) is 5. The lowest BCUT2D eigenvalue weighted by Gasteiger charge is -2.35. The number of rotatable bonds is 3. The van der Waals surface area contributed by atoms with E-state index >= 15 is 0 Å². The van der Waals surface area contributed by atoms with Crippen LogP contribution in [-0.4, -0.2) is 40.8 Å². The third kappa shape index (κ3) is 3.75. The van der Waals surface area contributed by atoms with Crippen molar-refractivity contribution in [1.82, 2.24) is 9.97 Å². The SMILES string of the molecule is CCNc1cc(N2CCC(O)C(C)C2)nc(C(F)(F)F)n1. The van der Waals surface area contributed by atoms with E-state index in [1.165, 1.54) is 6.07 Å². The fourth-order valence-corrected chi connectivity index (χ4v) is 2.34. The van der Waals surface area contributed by atoms with Crippen LogP contribution in [-0.2, 0) is 6.18 Å². The molecule has 118 valence electrons. The van der Waals surface area contributed by atoms with E-state index in [2.05, 4.69) is 15.3 Å². The van der Waals surface area contributed by atoms with Crippen LogP contribution in [0.4, 0.5) is 24.8 Å². The summed E-state index contributed by atoms with van der Waals surface area (Å²) in [6, 6.07) is 1.52. The summed E-state index contributed by atoms with van der Waals surface area (Å²) in [5.74, 6) is -0.749. The Morgan fingerprint density at radius 2 is 2.14 bits per heavy atom. The summed E-state index contributed by atoms with van der Waals surface area (Å²) in [5.41, 5.74) is 0. The average Bonchev–Trinajstić information content (AvgIpc) is 2.41. The molecule has 8 heteroatoms. The van der Waals surface area contributed by atoms with E-state index in [0.29, 0.717) is 26.1 Å². The van der Waals surface area contributed by atoms with Crippen LogP contribution in [0.5, 0.6) is 0 Å². The second-order valence-corrected chi connectivity index (χ2v) is 5.24. The molecule has 2 unspecified atom stereocenters. The molecule has 2 N–H and O–H groups in total. The minimum Gasteiger partial charge on any atom is -0.393 e. The van der Waals surface area contributed by atoms with Crippen LogP contribution in [0.3, 0.4) is 0 Å². The third-order valence-corrected chi connectivity index (χ3v) is 3.51. The standard InChI is InChI=1S/C13H19F3N4O/c1-3-17-10-6-11(19-12(18-10)13(14,15)16)20-5-4-9(21)8(2)7-20/h6,8-9,21H,3-5,7H2,1-2H3,(H,17,18,19). The van der Waals surface area contributed by atoms with Crippen molar-refractivity contribution < 1.29 is 18.3 Å². The number of aromatic nitrogens is 2. The Kier molecular flexibility index (Phi) is 4.55. The summed E-state index contributed by atoms with van der Waals surface area (Å²) in [4.78, 5) is 8.90. The van der Waals surface area contributed by atoms with Crippen LogP contribution in [0.25, 0.3) is 0 Å². The van der Waals surface area contributed by atoms with Crippen LogP contribution < -0.4 is 10.2 Å². The van der Waals surface area contributed by atoms with Crippen LogP contribution in [0.1, 0.15) is 26.1 Å². The molecular formula is C13H19F3N4O. The highest BCUT2D eigenvalue weighted by Gasteiger charge is 2.36. The molecule has 2 heterocycles. The minimum absolute atomic E-state index is 0.00867. The predicted octanol–water partition coefficient (Wildman–Crippen LogP) is 2.13. The number of aliphatic hydroxyl groups excluding tert-OH is 1. The predicted molar refractivity (Wildman–Crippen MR) is 73.2 cm³/mol. The van der Waals surface area contributed by atoms with Gasteiger partial charge in [0.15, 0.2) is 0 Å². The molecule has 5 nitrogen and oxygen atoms in total. The summed E-state index contributed by atoms with van der Waals surface area (Å²) in [7, 11) is 0. The Labute approximate surface area is 121 Å². The van der Waals surface area contributed by atoms with Gasteiger partial charge in [-0.2, -0.15) is 13.2 Å². The molecule has 0 aromatic carbocycles. The number of anilines is 2. The minimum atomic E-state index is -4.58. The number of aliphatic hydroxyl groups is 1. The molecule has 0 radical (unpaired) electrons. The molecule has 1 fully saturated rings. The maximum atomic E-state index is 12.9. The zero-order chi connectivity index (χ0) is 15.6. The largest absolute Gasteiger partial charge is 0.451 e. The van der Waals surface area contributed by atoms with E-state index in [0.717, 1.165) is 0 Å². The van der Waals surface area contributed by atoms with E-state index < -0.39 is 18.1 Å². The first-order valence-electron chi connectivity index (χ1n) is 6.94. The van der Waals surface area contributed by atoms with Gasteiger partial charge in [0.05, 0.1) is 6.10 Å². The Bertz CT molecular complexity index is 495. The molecule has 0 bridgehead atoms. The maximum Gasteiger partial charge on any atom is 0.451 e. The average molecular weight is 304 g/mol. The molecule has 2 atom stereocenters. The Morgan fingerprint density at radius 3 is 2.71 bits per heavy atom. The van der Waals surface area contributed by atoms with Crippen molar-refractivity contribution in [3.05, 3.63) is 11.9 Å². The van der Waals surface area contributed by atoms with Gasteiger partial charge in [-0.05, 0) is 19.3 Å². The topological polar surface area (TPSA) is 61.3 Å². The highest BCUT2D eigenvalue weighted by Crippen LogP contribution is 2.30. The van der Waals surface area contributed by atoms with E-state index in [1.54, 1.807) is 11.8 Å². The first-order valence-corrected chi connectivity index (χ1v) is 6.94. The zero-order valence-corrected chi connectivity index (χ0v) is 12.0. The number of hydrogen-bond donors (Lipinski definition) is 2. The van der Waals surface area contributed by atoms with Gasteiger partial charge in [-0.25, -0.2) is 9.97 Å². The van der Waals surface area contributed by atoms with Crippen molar-refractivity contribution in [3.63, 3.8) is 0 Å². The van der Waals surface area contributed by atoms with Gasteiger partial charge in [-0.3, -0.25) is 0 Å². The van der Waals surface area contributed by atoms with E-state index in [1.807, 2.05) is 6.92 Å². The fourth-order valence-electron chi connectivity index (χ4n) is 2.34. The lowest BCUT2D eigenvalue weighted by atomic mass is 9.97. The van der Waals surface area contributed by atoms with Gasteiger partial charge < -0.3 is 15.3 Å². The highest BCUT2D eigenvalue weighted by molar-refractivity contribution is 5.50. The van der Waals surface area contributed by atoms with Crippen molar-refractivity contribution in [1.29, 1.82) is 0 Å². The third-order valence-electron chi connectivity index (χ3n) is 3.51. The molecule has 1 aliphatic rings. The lowest BCUT2D eigenvalue weighted by molar-refractivity contribution is -0.144. The number of nitrogens with zero attached hydrogens (tertiary/aromatic N) is 3. The summed E-state index contributed by atoms with van der Waals surface area (Å²) < 4.78 is 38.6. The monoisotopic (exact) mass is 304 g/mol. The van der Waals surface area contributed by atoms with E-state index in [4.69, 9.17) is 0 Å². The van der Waals surface area contributed by atoms with Crippen LogP contribution in [0, 0.1) is 5.92 Å².